The van der Waals surface area contributed by atoms with Crippen molar-refractivity contribution in [3.8, 4) is 5.75 Å². The number of carbonyl (C=O) groups excluding carboxylic acids is 1. The van der Waals surface area contributed by atoms with Crippen molar-refractivity contribution in [3.05, 3.63) is 29.8 Å². The standard InChI is InChI=1S/C16H21NO4S/c1-2-21-13-6-4-3-5-12(13)7-8-14(18)17-16(15(19)20)9-10-22-11-16/h3-6H,2,7-11H2,1H3,(H,17,18)(H,19,20)/t16-/m0/s1. The van der Waals surface area contributed by atoms with Gasteiger partial charge in [-0.3, -0.25) is 4.79 Å². The molecule has 0 unspecified atom stereocenters. The summed E-state index contributed by atoms with van der Waals surface area (Å²) in [6.45, 7) is 2.49. The number of nitrogens with one attached hydrogen (secondary N) is 1. The number of benzene rings is 1. The molecule has 1 saturated heterocycles. The van der Waals surface area contributed by atoms with Crippen molar-refractivity contribution in [1.82, 2.24) is 5.32 Å². The van der Waals surface area contributed by atoms with Crippen LogP contribution in [0.4, 0.5) is 0 Å². The highest BCUT2D eigenvalue weighted by molar-refractivity contribution is 7.99. The lowest BCUT2D eigenvalue weighted by Crippen LogP contribution is -2.54. The van der Waals surface area contributed by atoms with Gasteiger partial charge in [0.1, 0.15) is 11.3 Å². The van der Waals surface area contributed by atoms with Gasteiger partial charge in [0.15, 0.2) is 0 Å². The first kappa shape index (κ1) is 16.7. The molecule has 1 heterocycles. The van der Waals surface area contributed by atoms with Crippen LogP contribution in [0, 0.1) is 0 Å². The van der Waals surface area contributed by atoms with Crippen LogP contribution in [0.25, 0.3) is 0 Å². The zero-order valence-electron chi connectivity index (χ0n) is 12.6. The van der Waals surface area contributed by atoms with Gasteiger partial charge in [0.05, 0.1) is 6.61 Å². The molecule has 0 radical (unpaired) electrons. The van der Waals surface area contributed by atoms with E-state index in [-0.39, 0.29) is 12.3 Å². The second-order valence-corrected chi connectivity index (χ2v) is 6.38. The van der Waals surface area contributed by atoms with E-state index >= 15 is 0 Å². The Kier molecular flexibility index (Phi) is 5.71. The van der Waals surface area contributed by atoms with Gasteiger partial charge in [-0.15, -0.1) is 0 Å². The zero-order chi connectivity index (χ0) is 16.0. The molecule has 1 amide bonds. The largest absolute Gasteiger partial charge is 0.494 e. The normalized spacial score (nSPS) is 20.6. The summed E-state index contributed by atoms with van der Waals surface area (Å²) in [5.41, 5.74) is -0.133. The van der Waals surface area contributed by atoms with Crippen molar-refractivity contribution in [2.45, 2.75) is 31.7 Å². The van der Waals surface area contributed by atoms with Crippen LogP contribution in [0.1, 0.15) is 25.3 Å². The van der Waals surface area contributed by atoms with E-state index in [4.69, 9.17) is 4.74 Å². The van der Waals surface area contributed by atoms with Gasteiger partial charge in [-0.1, -0.05) is 18.2 Å². The van der Waals surface area contributed by atoms with Crippen LogP contribution in [0.2, 0.25) is 0 Å². The molecule has 0 spiro atoms. The zero-order valence-corrected chi connectivity index (χ0v) is 13.4. The number of carboxylic acid groups (broad SMARTS) is 1. The second-order valence-electron chi connectivity index (χ2n) is 5.28. The van der Waals surface area contributed by atoms with Crippen LogP contribution in [0.5, 0.6) is 5.75 Å². The summed E-state index contributed by atoms with van der Waals surface area (Å²) >= 11 is 1.56. The number of rotatable bonds is 7. The van der Waals surface area contributed by atoms with Gasteiger partial charge >= 0.3 is 5.97 Å². The highest BCUT2D eigenvalue weighted by atomic mass is 32.2. The monoisotopic (exact) mass is 323 g/mol. The molecule has 0 bridgehead atoms. The first-order valence-corrected chi connectivity index (χ1v) is 8.56. The topological polar surface area (TPSA) is 75.6 Å². The summed E-state index contributed by atoms with van der Waals surface area (Å²) in [7, 11) is 0. The first-order chi connectivity index (χ1) is 10.6. The Labute approximate surface area is 134 Å². The number of amides is 1. The molecule has 1 aromatic rings. The predicted molar refractivity (Wildman–Crippen MR) is 86.4 cm³/mol. The number of carbonyl (C=O) groups is 2. The second kappa shape index (κ2) is 7.54. The van der Waals surface area contributed by atoms with Crippen molar-refractivity contribution in [2.24, 2.45) is 0 Å². The van der Waals surface area contributed by atoms with Crippen LogP contribution in [0.3, 0.4) is 0 Å². The van der Waals surface area contributed by atoms with Gasteiger partial charge in [0, 0.05) is 12.2 Å². The van der Waals surface area contributed by atoms with E-state index in [9.17, 15) is 14.7 Å². The molecule has 1 aliphatic rings. The third kappa shape index (κ3) is 3.94. The minimum atomic E-state index is -1.10. The summed E-state index contributed by atoms with van der Waals surface area (Å²) < 4.78 is 5.53. The first-order valence-electron chi connectivity index (χ1n) is 7.40. The average molecular weight is 323 g/mol. The van der Waals surface area contributed by atoms with E-state index in [1.807, 2.05) is 31.2 Å². The highest BCUT2D eigenvalue weighted by Crippen LogP contribution is 2.28. The fourth-order valence-electron chi connectivity index (χ4n) is 2.47. The fourth-order valence-corrected chi connectivity index (χ4v) is 3.80. The number of hydrogen-bond donors (Lipinski definition) is 2. The van der Waals surface area contributed by atoms with Gasteiger partial charge in [0.25, 0.3) is 0 Å². The van der Waals surface area contributed by atoms with Crippen molar-refractivity contribution in [2.75, 3.05) is 18.1 Å². The van der Waals surface area contributed by atoms with Crippen molar-refractivity contribution in [3.63, 3.8) is 0 Å². The lowest BCUT2D eigenvalue weighted by Gasteiger charge is -2.24. The SMILES string of the molecule is CCOc1ccccc1CCC(=O)N[C@@]1(C(=O)O)CCSC1. The van der Waals surface area contributed by atoms with Gasteiger partial charge < -0.3 is 15.2 Å². The minimum absolute atomic E-state index is 0.226. The molecule has 2 N–H and O–H groups in total. The van der Waals surface area contributed by atoms with Crippen molar-refractivity contribution in [1.29, 1.82) is 0 Å². The molecule has 2 rings (SSSR count). The van der Waals surface area contributed by atoms with Gasteiger partial charge in [-0.2, -0.15) is 11.8 Å². The quantitative estimate of drug-likeness (QED) is 0.803. The van der Waals surface area contributed by atoms with E-state index in [0.29, 0.717) is 25.2 Å². The molecule has 120 valence electrons. The summed E-state index contributed by atoms with van der Waals surface area (Å²) in [6.07, 6.45) is 1.27. The highest BCUT2D eigenvalue weighted by Gasteiger charge is 2.43. The molecule has 0 aromatic heterocycles. The Bertz CT molecular complexity index is 541. The number of aryl methyl sites for hydroxylation is 1. The molecule has 6 heteroatoms. The maximum atomic E-state index is 12.1. The van der Waals surface area contributed by atoms with E-state index in [2.05, 4.69) is 5.32 Å². The van der Waals surface area contributed by atoms with Gasteiger partial charge in [0.2, 0.25) is 5.91 Å². The number of para-hydroxylation sites is 1. The number of aliphatic carboxylic acids is 1. The van der Waals surface area contributed by atoms with Crippen LogP contribution in [-0.4, -0.2) is 40.6 Å². The molecular formula is C16H21NO4S. The maximum absolute atomic E-state index is 12.1. The number of carboxylic acids is 1. The Morgan fingerprint density at radius 1 is 1.41 bits per heavy atom. The summed E-state index contributed by atoms with van der Waals surface area (Å²) in [4.78, 5) is 23.6. The van der Waals surface area contributed by atoms with E-state index in [1.54, 1.807) is 11.8 Å². The fraction of sp³-hybridized carbons (Fsp3) is 0.500. The molecule has 1 atom stereocenters. The smallest absolute Gasteiger partial charge is 0.330 e. The number of hydrogen-bond acceptors (Lipinski definition) is 4. The Morgan fingerprint density at radius 3 is 2.82 bits per heavy atom. The third-order valence-electron chi connectivity index (χ3n) is 3.70. The van der Waals surface area contributed by atoms with Crippen molar-refractivity contribution >= 4 is 23.6 Å². The van der Waals surface area contributed by atoms with Gasteiger partial charge in [-0.05, 0) is 37.1 Å². The minimum Gasteiger partial charge on any atom is -0.494 e. The summed E-state index contributed by atoms with van der Waals surface area (Å²) in [5.74, 6) is 0.808. The number of ether oxygens (including phenoxy) is 1. The Hall–Kier alpha value is -1.69. The molecule has 0 aliphatic carbocycles. The van der Waals surface area contributed by atoms with Crippen LogP contribution >= 0.6 is 11.8 Å². The van der Waals surface area contributed by atoms with Crippen molar-refractivity contribution < 1.29 is 19.4 Å². The Morgan fingerprint density at radius 2 is 2.18 bits per heavy atom. The predicted octanol–water partition coefficient (Wildman–Crippen LogP) is 2.09. The van der Waals surface area contributed by atoms with Crippen LogP contribution in [-0.2, 0) is 16.0 Å². The summed E-state index contributed by atoms with van der Waals surface area (Å²) in [5, 5.41) is 12.1. The molecule has 1 fully saturated rings. The molecule has 0 saturated carbocycles. The molecule has 1 aliphatic heterocycles. The van der Waals surface area contributed by atoms with E-state index in [0.717, 1.165) is 17.1 Å². The van der Waals surface area contributed by atoms with Crippen LogP contribution < -0.4 is 10.1 Å². The molecule has 1 aromatic carbocycles. The molecule has 5 nitrogen and oxygen atoms in total. The summed E-state index contributed by atoms with van der Waals surface area (Å²) in [6, 6.07) is 7.60. The average Bonchev–Trinajstić information content (AvgIpc) is 2.96. The van der Waals surface area contributed by atoms with E-state index in [1.165, 1.54) is 0 Å². The van der Waals surface area contributed by atoms with Crippen LogP contribution in [0.15, 0.2) is 24.3 Å². The van der Waals surface area contributed by atoms with Gasteiger partial charge in [-0.25, -0.2) is 4.79 Å². The maximum Gasteiger partial charge on any atom is 0.330 e. The molecule has 22 heavy (non-hydrogen) atoms. The lowest BCUT2D eigenvalue weighted by molar-refractivity contribution is -0.146. The Balaban J connectivity index is 1.94. The number of thioether (sulfide) groups is 1. The third-order valence-corrected chi connectivity index (χ3v) is 4.89. The molecular weight excluding hydrogens is 302 g/mol. The lowest BCUT2D eigenvalue weighted by atomic mass is 9.98. The van der Waals surface area contributed by atoms with E-state index < -0.39 is 11.5 Å².